The van der Waals surface area contributed by atoms with Crippen LogP contribution in [-0.4, -0.2) is 40.4 Å². The predicted octanol–water partition coefficient (Wildman–Crippen LogP) is 3.03. The van der Waals surface area contributed by atoms with E-state index in [1.807, 2.05) is 0 Å². The van der Waals surface area contributed by atoms with E-state index in [4.69, 9.17) is 6.42 Å². The van der Waals surface area contributed by atoms with E-state index in [0.29, 0.717) is 25.8 Å². The van der Waals surface area contributed by atoms with Gasteiger partial charge in [-0.15, -0.1) is 0 Å². The summed E-state index contributed by atoms with van der Waals surface area (Å²) in [6.45, 7) is 1.99. The smallest absolute Gasteiger partial charge is 0.692 e. The second-order valence-electron chi connectivity index (χ2n) is 6.63. The molecule has 1 rings (SSSR count). The molecule has 4 nitrogen and oxygen atoms in total. The van der Waals surface area contributed by atoms with Gasteiger partial charge in [0.1, 0.15) is 5.78 Å². The number of aliphatic hydroxyl groups is 1. The van der Waals surface area contributed by atoms with Crippen molar-refractivity contribution in [1.29, 1.82) is 0 Å². The molecule has 24 heavy (non-hydrogen) atoms. The third-order valence-corrected chi connectivity index (χ3v) is 4.44. The number of nitrogens with zero attached hydrogens (tertiary/aromatic N) is 1. The molecule has 0 aromatic heterocycles. The fourth-order valence-electron chi connectivity index (χ4n) is 3.08. The Balaban J connectivity index is 0.00000529. The van der Waals surface area contributed by atoms with Gasteiger partial charge in [-0.25, -0.2) is 0 Å². The standard InChI is InChI=1S/C19H30NO3.Os/c1-3-17-14-18(22)15-20(17)19(23)13-11-9-7-5-4-6-8-10-12-16(2)21;/h17-18,22H,4-15H2,2H3;/q-1;+1/t17-,18-;/m1./s1. The van der Waals surface area contributed by atoms with Gasteiger partial charge in [-0.1, -0.05) is 38.5 Å². The molecule has 137 valence electrons. The van der Waals surface area contributed by atoms with Crippen molar-refractivity contribution in [3.05, 3.63) is 6.42 Å². The fraction of sp³-hybridized carbons (Fsp3) is 0.789. The molecule has 1 saturated heterocycles. The number of β-amino-alcohol motifs (C(OH)–C–C–N with tert-alkyl or cyclic N) is 1. The van der Waals surface area contributed by atoms with Crippen LogP contribution in [-0.2, 0) is 29.4 Å². The van der Waals surface area contributed by atoms with E-state index in [9.17, 15) is 14.7 Å². The van der Waals surface area contributed by atoms with E-state index >= 15 is 0 Å². The molecule has 1 fully saturated rings. The molecule has 1 aliphatic rings. The Morgan fingerprint density at radius 1 is 1.04 bits per heavy atom. The first kappa shape index (κ1) is 23.3. The monoisotopic (exact) mass is 512 g/mol. The van der Waals surface area contributed by atoms with E-state index in [-0.39, 0.29) is 37.5 Å². The first-order chi connectivity index (χ1) is 11.0. The van der Waals surface area contributed by atoms with Crippen LogP contribution in [0.5, 0.6) is 0 Å². The number of carbonyl (C=O) groups excluding carboxylic acids is 2. The Labute approximate surface area is 159 Å². The third kappa shape index (κ3) is 9.56. The molecule has 0 saturated carbocycles. The molecule has 0 unspecified atom stereocenters. The molecule has 1 N–H and O–H groups in total. The largest absolute Gasteiger partial charge is 1.00 e. The van der Waals surface area contributed by atoms with Gasteiger partial charge in [0.2, 0.25) is 5.91 Å². The van der Waals surface area contributed by atoms with Gasteiger partial charge in [0.05, 0.1) is 12.1 Å². The van der Waals surface area contributed by atoms with Crippen molar-refractivity contribution in [3.63, 3.8) is 0 Å². The molecule has 5 heteroatoms. The average Bonchev–Trinajstić information content (AvgIpc) is 2.89. The molecule has 2 atom stereocenters. The minimum Gasteiger partial charge on any atom is -0.692 e. The van der Waals surface area contributed by atoms with Crippen molar-refractivity contribution in [2.24, 2.45) is 0 Å². The molecule has 0 aromatic rings. The van der Waals surface area contributed by atoms with Crippen LogP contribution >= 0.6 is 0 Å². The number of likely N-dealkylation sites (tertiary alicyclic amines) is 1. The topological polar surface area (TPSA) is 57.6 Å². The number of amides is 1. The van der Waals surface area contributed by atoms with E-state index in [2.05, 4.69) is 5.92 Å². The summed E-state index contributed by atoms with van der Waals surface area (Å²) < 4.78 is 0. The normalized spacial score (nSPS) is 19.6. The number of unbranched alkanes of at least 4 members (excludes halogenated alkanes) is 7. The molecular weight excluding hydrogens is 480 g/mol. The quantitative estimate of drug-likeness (QED) is 0.264. The summed E-state index contributed by atoms with van der Waals surface area (Å²) in [7, 11) is 0. The van der Waals surface area contributed by atoms with E-state index in [0.717, 1.165) is 32.1 Å². The number of hydrogen-bond donors (Lipinski definition) is 1. The minimum atomic E-state index is -0.509. The Bertz CT molecular complexity index is 419. The molecule has 1 heterocycles. The maximum absolute atomic E-state index is 12.1. The molecule has 0 aliphatic carbocycles. The van der Waals surface area contributed by atoms with Gasteiger partial charge in [-0.2, -0.15) is 0 Å². The summed E-state index contributed by atoms with van der Waals surface area (Å²) in [5, 5.41) is 9.57. The van der Waals surface area contributed by atoms with Crippen molar-refractivity contribution in [1.82, 2.24) is 4.90 Å². The van der Waals surface area contributed by atoms with Crippen LogP contribution in [0.1, 0.15) is 77.6 Å². The van der Waals surface area contributed by atoms with E-state index < -0.39 is 6.10 Å². The summed E-state index contributed by atoms with van der Waals surface area (Å²) in [4.78, 5) is 24.5. The first-order valence-electron chi connectivity index (χ1n) is 8.94. The molecule has 1 aliphatic heterocycles. The van der Waals surface area contributed by atoms with E-state index in [1.165, 1.54) is 19.3 Å². The summed E-state index contributed by atoms with van der Waals surface area (Å²) in [5.41, 5.74) is 0. The Kier molecular flexibility index (Phi) is 13.2. The number of hydrogen-bond acceptors (Lipinski definition) is 3. The zero-order chi connectivity index (χ0) is 17.1. The van der Waals surface area contributed by atoms with Gasteiger partial charge in [0.15, 0.2) is 0 Å². The number of ketones is 1. The zero-order valence-electron chi connectivity index (χ0n) is 14.7. The maximum atomic E-state index is 12.1. The van der Waals surface area contributed by atoms with Gasteiger partial charge in [0.25, 0.3) is 0 Å². The van der Waals surface area contributed by atoms with Crippen molar-refractivity contribution in [2.45, 2.75) is 89.7 Å². The third-order valence-electron chi connectivity index (χ3n) is 4.44. The molecule has 0 spiro atoms. The summed E-state index contributed by atoms with van der Waals surface area (Å²) in [6.07, 6.45) is 17.1. The number of Topliss-reactive ketones (excluding diaryl/α,β-unsaturated/α-hetero) is 1. The number of rotatable bonds is 11. The Hall–Kier alpha value is -0.704. The van der Waals surface area contributed by atoms with Crippen molar-refractivity contribution in [3.8, 4) is 5.92 Å². The van der Waals surface area contributed by atoms with E-state index in [1.54, 1.807) is 11.8 Å². The molecular formula is C19H30NO3Os. The maximum Gasteiger partial charge on any atom is 1.00 e. The summed E-state index contributed by atoms with van der Waals surface area (Å²) in [5.74, 6) is 2.66. The predicted molar refractivity (Wildman–Crippen MR) is 90.1 cm³/mol. The number of aliphatic hydroxyl groups excluding tert-OH is 1. The Morgan fingerprint density at radius 3 is 2.04 bits per heavy atom. The van der Waals surface area contributed by atoms with Crippen LogP contribution in [0.4, 0.5) is 0 Å². The first-order valence-corrected chi connectivity index (χ1v) is 8.94. The van der Waals surface area contributed by atoms with Crippen LogP contribution < -0.4 is 0 Å². The molecule has 1 radical (unpaired) electrons. The van der Waals surface area contributed by atoms with Crippen molar-refractivity contribution >= 4 is 11.7 Å². The molecule has 0 bridgehead atoms. The second kappa shape index (κ2) is 13.6. The van der Waals surface area contributed by atoms with Gasteiger partial charge < -0.3 is 27.1 Å². The van der Waals surface area contributed by atoms with Gasteiger partial charge in [0, 0.05) is 25.8 Å². The van der Waals surface area contributed by atoms with Gasteiger partial charge >= 0.3 is 19.8 Å². The van der Waals surface area contributed by atoms with Crippen LogP contribution in [0.3, 0.4) is 0 Å². The molecule has 1 amide bonds. The minimum absolute atomic E-state index is 0. The zero-order valence-corrected chi connectivity index (χ0v) is 17.2. The molecule has 0 aromatic carbocycles. The van der Waals surface area contributed by atoms with Gasteiger partial charge in [-0.3, -0.25) is 4.79 Å². The number of carbonyl (C=O) groups is 2. The average molecular weight is 511 g/mol. The summed E-state index contributed by atoms with van der Waals surface area (Å²) >= 11 is 0. The fourth-order valence-corrected chi connectivity index (χ4v) is 3.08. The van der Waals surface area contributed by atoms with Crippen LogP contribution in [0.15, 0.2) is 0 Å². The van der Waals surface area contributed by atoms with Crippen LogP contribution in [0.2, 0.25) is 0 Å². The second-order valence-corrected chi connectivity index (χ2v) is 6.63. The Morgan fingerprint density at radius 2 is 1.54 bits per heavy atom. The SMILES string of the molecule is [C-]#C[C@@H]1C[C@@H](O)CN1C(=O)CCCCCCCCCCC(C)=O.[Os+]. The van der Waals surface area contributed by atoms with Crippen molar-refractivity contribution in [2.75, 3.05) is 6.54 Å². The van der Waals surface area contributed by atoms with Gasteiger partial charge in [-0.05, 0) is 19.8 Å². The van der Waals surface area contributed by atoms with Crippen molar-refractivity contribution < 1.29 is 34.5 Å². The summed E-state index contributed by atoms with van der Waals surface area (Å²) in [6, 6.07) is -0.340. The van der Waals surface area contributed by atoms with Crippen LogP contribution in [0, 0.1) is 12.3 Å². The van der Waals surface area contributed by atoms with Crippen LogP contribution in [0.25, 0.3) is 0 Å².